The molecule has 0 unspecified atom stereocenters. The van der Waals surface area contributed by atoms with Crippen molar-refractivity contribution in [1.29, 1.82) is 0 Å². The van der Waals surface area contributed by atoms with E-state index >= 15 is 0 Å². The van der Waals surface area contributed by atoms with Crippen LogP contribution in [0.2, 0.25) is 0 Å². The van der Waals surface area contributed by atoms with Gasteiger partial charge in [0.05, 0.1) is 0 Å². The second-order valence-corrected chi connectivity index (χ2v) is 6.65. The molecule has 0 radical (unpaired) electrons. The molecular weight excluding hydrogens is 210 g/mol. The van der Waals surface area contributed by atoms with Gasteiger partial charge in [0.1, 0.15) is 5.75 Å². The maximum absolute atomic E-state index is 10.1. The molecule has 0 aliphatic carbocycles. The molecule has 1 aromatic carbocycles. The molecule has 0 atom stereocenters. The first-order valence-corrected chi connectivity index (χ1v) is 5.88. The number of rotatable bonds is 0. The molecule has 0 aromatic heterocycles. The Balaban J connectivity index is 0.00000256. The van der Waals surface area contributed by atoms with Crippen molar-refractivity contribution in [1.82, 2.24) is 6.15 Å². The number of hydrogen-bond acceptors (Lipinski definition) is 2. The molecule has 0 amide bonds. The first-order chi connectivity index (χ1) is 7.05. The van der Waals surface area contributed by atoms with E-state index in [4.69, 9.17) is 0 Å². The normalized spacial score (nSPS) is 12.2. The molecule has 4 N–H and O–H groups in total. The Morgan fingerprint density at radius 1 is 0.824 bits per heavy atom. The van der Waals surface area contributed by atoms with Crippen LogP contribution in [0.5, 0.6) is 5.75 Å². The van der Waals surface area contributed by atoms with E-state index in [0.29, 0.717) is 5.75 Å². The molecule has 2 heteroatoms. The van der Waals surface area contributed by atoms with Gasteiger partial charge >= 0.3 is 0 Å². The average molecular weight is 237 g/mol. The minimum Gasteiger partial charge on any atom is -0.508 e. The molecule has 2 nitrogen and oxygen atoms in total. The molecule has 0 fully saturated rings. The van der Waals surface area contributed by atoms with Crippen molar-refractivity contribution in [3.05, 3.63) is 28.8 Å². The Hall–Kier alpha value is -1.02. The van der Waals surface area contributed by atoms with E-state index in [1.165, 1.54) is 11.1 Å². The van der Waals surface area contributed by atoms with E-state index in [1.807, 2.05) is 12.1 Å². The van der Waals surface area contributed by atoms with Crippen LogP contribution in [-0.4, -0.2) is 5.11 Å². The van der Waals surface area contributed by atoms with Crippen LogP contribution in [0.4, 0.5) is 0 Å². The van der Waals surface area contributed by atoms with E-state index in [-0.39, 0.29) is 17.0 Å². The average Bonchev–Trinajstić information content (AvgIpc) is 2.04. The highest BCUT2D eigenvalue weighted by molar-refractivity contribution is 5.50. The fourth-order valence-electron chi connectivity index (χ4n) is 2.42. The zero-order valence-corrected chi connectivity index (χ0v) is 12.3. The van der Waals surface area contributed by atoms with Gasteiger partial charge in [-0.15, -0.1) is 0 Å². The van der Waals surface area contributed by atoms with Crippen LogP contribution < -0.4 is 6.15 Å². The molecule has 0 aliphatic heterocycles. The fraction of sp³-hybridized carbons (Fsp3) is 0.600. The molecular formula is C15H27NO. The molecule has 0 heterocycles. The molecule has 0 aliphatic rings. The zero-order chi connectivity index (χ0) is 12.7. The van der Waals surface area contributed by atoms with Gasteiger partial charge in [0.2, 0.25) is 0 Å². The largest absolute Gasteiger partial charge is 0.508 e. The Morgan fingerprint density at radius 3 is 1.53 bits per heavy atom. The van der Waals surface area contributed by atoms with Gasteiger partial charge in [-0.25, -0.2) is 0 Å². The lowest BCUT2D eigenvalue weighted by Gasteiger charge is -2.32. The summed E-state index contributed by atoms with van der Waals surface area (Å²) in [6.07, 6.45) is 0. The minimum absolute atomic E-state index is 0. The SMILES string of the molecule is Cc1ccc(O)c(C(C)(C)C)c1C(C)(C)C.N. The van der Waals surface area contributed by atoms with Crippen LogP contribution in [-0.2, 0) is 10.8 Å². The maximum Gasteiger partial charge on any atom is 0.119 e. The van der Waals surface area contributed by atoms with Crippen LogP contribution in [0.3, 0.4) is 0 Å². The molecule has 1 rings (SSSR count). The van der Waals surface area contributed by atoms with Gasteiger partial charge < -0.3 is 11.3 Å². The standard InChI is InChI=1S/C15H24O.H3N/c1-10-8-9-11(16)13(15(5,6)7)12(10)14(2,3)4;/h8-9,16H,1-7H3;1H3. The minimum atomic E-state index is -0.0291. The third kappa shape index (κ3) is 3.22. The molecule has 0 bridgehead atoms. The summed E-state index contributed by atoms with van der Waals surface area (Å²) < 4.78 is 0. The van der Waals surface area contributed by atoms with Gasteiger partial charge in [-0.05, 0) is 34.9 Å². The van der Waals surface area contributed by atoms with Crippen molar-refractivity contribution in [2.24, 2.45) is 0 Å². The van der Waals surface area contributed by atoms with Gasteiger partial charge in [0.25, 0.3) is 0 Å². The van der Waals surface area contributed by atoms with Crippen LogP contribution in [0.25, 0.3) is 0 Å². The van der Waals surface area contributed by atoms with E-state index < -0.39 is 0 Å². The summed E-state index contributed by atoms with van der Waals surface area (Å²) in [5.74, 6) is 0.419. The van der Waals surface area contributed by atoms with Gasteiger partial charge in [0, 0.05) is 5.56 Å². The van der Waals surface area contributed by atoms with Crippen molar-refractivity contribution in [2.75, 3.05) is 0 Å². The van der Waals surface area contributed by atoms with Crippen molar-refractivity contribution < 1.29 is 5.11 Å². The fourth-order valence-corrected chi connectivity index (χ4v) is 2.42. The third-order valence-corrected chi connectivity index (χ3v) is 2.89. The van der Waals surface area contributed by atoms with Crippen molar-refractivity contribution in [2.45, 2.75) is 59.3 Å². The van der Waals surface area contributed by atoms with Gasteiger partial charge in [-0.1, -0.05) is 47.6 Å². The number of hydrogen-bond donors (Lipinski definition) is 2. The van der Waals surface area contributed by atoms with Crippen molar-refractivity contribution in [3.63, 3.8) is 0 Å². The first kappa shape index (κ1) is 16.0. The van der Waals surface area contributed by atoms with Crippen molar-refractivity contribution in [3.8, 4) is 5.75 Å². The highest BCUT2D eigenvalue weighted by Crippen LogP contribution is 2.40. The number of benzene rings is 1. The van der Waals surface area contributed by atoms with E-state index in [0.717, 1.165) is 5.56 Å². The van der Waals surface area contributed by atoms with E-state index in [1.54, 1.807) is 0 Å². The molecule has 1 aromatic rings. The second kappa shape index (κ2) is 4.69. The summed E-state index contributed by atoms with van der Waals surface area (Å²) in [6, 6.07) is 3.82. The predicted octanol–water partition coefficient (Wildman–Crippen LogP) is 4.46. The lowest BCUT2D eigenvalue weighted by molar-refractivity contribution is 0.434. The third-order valence-electron chi connectivity index (χ3n) is 2.89. The zero-order valence-electron chi connectivity index (χ0n) is 12.3. The highest BCUT2D eigenvalue weighted by atomic mass is 16.3. The van der Waals surface area contributed by atoms with Crippen molar-refractivity contribution >= 4 is 0 Å². The molecule has 17 heavy (non-hydrogen) atoms. The monoisotopic (exact) mass is 237 g/mol. The first-order valence-electron chi connectivity index (χ1n) is 5.88. The highest BCUT2D eigenvalue weighted by Gasteiger charge is 2.29. The van der Waals surface area contributed by atoms with Crippen LogP contribution in [0.1, 0.15) is 58.2 Å². The summed E-state index contributed by atoms with van der Waals surface area (Å²) >= 11 is 0. The van der Waals surface area contributed by atoms with E-state index in [2.05, 4.69) is 48.5 Å². The Bertz CT molecular complexity index is 356. The topological polar surface area (TPSA) is 55.2 Å². The summed E-state index contributed by atoms with van der Waals surface area (Å²) in [6.45, 7) is 15.2. The molecule has 0 saturated heterocycles. The van der Waals surface area contributed by atoms with Crippen LogP contribution in [0, 0.1) is 6.92 Å². The smallest absolute Gasteiger partial charge is 0.119 e. The lowest BCUT2D eigenvalue weighted by Crippen LogP contribution is -2.23. The molecule has 0 saturated carbocycles. The van der Waals surface area contributed by atoms with Gasteiger partial charge in [0.15, 0.2) is 0 Å². The predicted molar refractivity (Wildman–Crippen MR) is 75.3 cm³/mol. The molecule has 98 valence electrons. The van der Waals surface area contributed by atoms with E-state index in [9.17, 15) is 5.11 Å². The van der Waals surface area contributed by atoms with Gasteiger partial charge in [-0.3, -0.25) is 0 Å². The Morgan fingerprint density at radius 2 is 1.24 bits per heavy atom. The summed E-state index contributed by atoms with van der Waals surface area (Å²) in [5.41, 5.74) is 3.65. The Kier molecular flexibility index (Phi) is 4.41. The van der Waals surface area contributed by atoms with Crippen LogP contribution in [0.15, 0.2) is 12.1 Å². The number of aryl methyl sites for hydroxylation is 1. The number of phenols is 1. The molecule has 0 spiro atoms. The second-order valence-electron chi connectivity index (χ2n) is 6.65. The summed E-state index contributed by atoms with van der Waals surface area (Å²) in [4.78, 5) is 0. The lowest BCUT2D eigenvalue weighted by atomic mass is 9.73. The quantitative estimate of drug-likeness (QED) is 0.700. The maximum atomic E-state index is 10.1. The van der Waals surface area contributed by atoms with Crippen LogP contribution >= 0.6 is 0 Å². The number of aromatic hydroxyl groups is 1. The summed E-state index contributed by atoms with van der Waals surface area (Å²) in [5, 5.41) is 10.1. The number of phenolic OH excluding ortho intramolecular Hbond substituents is 1. The van der Waals surface area contributed by atoms with Gasteiger partial charge in [-0.2, -0.15) is 0 Å². The Labute approximate surface area is 106 Å². The summed E-state index contributed by atoms with van der Waals surface area (Å²) in [7, 11) is 0.